The number of hydrogen-bond acceptors (Lipinski definition) is 5. The van der Waals surface area contributed by atoms with Crippen molar-refractivity contribution in [1.29, 1.82) is 0 Å². The van der Waals surface area contributed by atoms with Crippen LogP contribution in [0.25, 0.3) is 11.1 Å². The van der Waals surface area contributed by atoms with Crippen molar-refractivity contribution in [2.75, 3.05) is 20.3 Å². The molecular formula is C26H32N2O6. The maximum atomic E-state index is 12.8. The zero-order valence-corrected chi connectivity index (χ0v) is 19.7. The van der Waals surface area contributed by atoms with Crippen LogP contribution in [0.3, 0.4) is 0 Å². The van der Waals surface area contributed by atoms with E-state index in [1.807, 2.05) is 36.4 Å². The Labute approximate surface area is 199 Å². The van der Waals surface area contributed by atoms with Gasteiger partial charge >= 0.3 is 12.1 Å². The number of nitrogens with one attached hydrogen (secondary N) is 2. The molecule has 0 heterocycles. The van der Waals surface area contributed by atoms with Gasteiger partial charge in [0.2, 0.25) is 5.91 Å². The second kappa shape index (κ2) is 11.7. The summed E-state index contributed by atoms with van der Waals surface area (Å²) < 4.78 is 10.6. The first-order valence-corrected chi connectivity index (χ1v) is 11.5. The normalized spacial score (nSPS) is 14.9. The summed E-state index contributed by atoms with van der Waals surface area (Å²) in [7, 11) is 1.56. The molecule has 0 aliphatic heterocycles. The average Bonchev–Trinajstić information content (AvgIpc) is 3.15. The Bertz CT molecular complexity index is 978. The molecule has 0 fully saturated rings. The van der Waals surface area contributed by atoms with Gasteiger partial charge in [-0.25, -0.2) is 4.79 Å². The van der Waals surface area contributed by atoms with Crippen molar-refractivity contribution in [1.82, 2.24) is 10.6 Å². The number of ether oxygens (including phenoxy) is 2. The highest BCUT2D eigenvalue weighted by molar-refractivity contribution is 5.86. The summed E-state index contributed by atoms with van der Waals surface area (Å²) in [6, 6.07) is 14.6. The van der Waals surface area contributed by atoms with Crippen LogP contribution >= 0.6 is 0 Å². The van der Waals surface area contributed by atoms with Crippen LogP contribution in [0.2, 0.25) is 0 Å². The Morgan fingerprint density at radius 3 is 2.12 bits per heavy atom. The van der Waals surface area contributed by atoms with E-state index in [0.29, 0.717) is 19.4 Å². The maximum Gasteiger partial charge on any atom is 0.407 e. The van der Waals surface area contributed by atoms with Crippen molar-refractivity contribution in [3.8, 4) is 11.1 Å². The number of carbonyl (C=O) groups is 3. The number of carboxylic acids is 1. The summed E-state index contributed by atoms with van der Waals surface area (Å²) in [4.78, 5) is 36.7. The standard InChI is InChI=1S/C26H32N2O6/c1-16(25(30)31)17(2)27-24(29)23(13-8-14-33-3)28-26(32)34-15-22-20-11-6-4-9-18(20)19-10-5-7-12-21(19)22/h4-7,9-12,16-17,22-23H,8,13-15H2,1-3H3,(H,27,29)(H,28,32)(H,30,31). The Hall–Kier alpha value is -3.39. The lowest BCUT2D eigenvalue weighted by molar-refractivity contribution is -0.142. The van der Waals surface area contributed by atoms with E-state index < -0.39 is 36.0 Å². The Balaban J connectivity index is 1.64. The lowest BCUT2D eigenvalue weighted by Gasteiger charge is -2.23. The highest BCUT2D eigenvalue weighted by atomic mass is 16.5. The molecule has 0 saturated heterocycles. The Morgan fingerprint density at radius 1 is 0.971 bits per heavy atom. The SMILES string of the molecule is COCCCC(NC(=O)OCC1c2ccccc2-c2ccccc21)C(=O)NC(C)C(C)C(=O)O. The molecular weight excluding hydrogens is 436 g/mol. The van der Waals surface area contributed by atoms with Crippen molar-refractivity contribution >= 4 is 18.0 Å². The van der Waals surface area contributed by atoms with Crippen LogP contribution in [0.4, 0.5) is 4.79 Å². The largest absolute Gasteiger partial charge is 0.481 e. The number of methoxy groups -OCH3 is 1. The Morgan fingerprint density at radius 2 is 1.56 bits per heavy atom. The van der Waals surface area contributed by atoms with Gasteiger partial charge in [0.1, 0.15) is 12.6 Å². The van der Waals surface area contributed by atoms with E-state index in [9.17, 15) is 19.5 Å². The molecule has 0 spiro atoms. The van der Waals surface area contributed by atoms with Crippen LogP contribution in [0.1, 0.15) is 43.7 Å². The van der Waals surface area contributed by atoms with E-state index >= 15 is 0 Å². The summed E-state index contributed by atoms with van der Waals surface area (Å²) in [6.07, 6.45) is 0.178. The fraction of sp³-hybridized carbons (Fsp3) is 0.423. The van der Waals surface area contributed by atoms with Crippen molar-refractivity contribution in [2.24, 2.45) is 5.92 Å². The molecule has 8 heteroatoms. The van der Waals surface area contributed by atoms with Crippen LogP contribution in [-0.2, 0) is 19.1 Å². The zero-order valence-electron chi connectivity index (χ0n) is 19.7. The smallest absolute Gasteiger partial charge is 0.407 e. The van der Waals surface area contributed by atoms with E-state index in [2.05, 4.69) is 22.8 Å². The molecule has 1 aliphatic carbocycles. The fourth-order valence-electron chi connectivity index (χ4n) is 4.15. The van der Waals surface area contributed by atoms with Gasteiger partial charge in [-0.2, -0.15) is 0 Å². The average molecular weight is 469 g/mol. The summed E-state index contributed by atoms with van der Waals surface area (Å²) in [5.41, 5.74) is 4.46. The van der Waals surface area contributed by atoms with Gasteiger partial charge in [0, 0.05) is 25.7 Å². The molecule has 0 radical (unpaired) electrons. The molecule has 0 aromatic heterocycles. The second-order valence-electron chi connectivity index (χ2n) is 8.58. The lowest BCUT2D eigenvalue weighted by Crippen LogP contribution is -2.51. The van der Waals surface area contributed by atoms with Crippen molar-refractivity contribution in [2.45, 2.75) is 44.7 Å². The third-order valence-electron chi connectivity index (χ3n) is 6.30. The second-order valence-corrected chi connectivity index (χ2v) is 8.58. The van der Waals surface area contributed by atoms with Gasteiger partial charge in [-0.15, -0.1) is 0 Å². The van der Waals surface area contributed by atoms with Crippen molar-refractivity contribution in [3.05, 3.63) is 59.7 Å². The summed E-state index contributed by atoms with van der Waals surface area (Å²) in [5.74, 6) is -2.31. The number of carboxylic acid groups (broad SMARTS) is 1. The minimum Gasteiger partial charge on any atom is -0.481 e. The lowest BCUT2D eigenvalue weighted by atomic mass is 9.98. The highest BCUT2D eigenvalue weighted by Gasteiger charge is 2.30. The van der Waals surface area contributed by atoms with E-state index in [4.69, 9.17) is 9.47 Å². The maximum absolute atomic E-state index is 12.8. The topological polar surface area (TPSA) is 114 Å². The van der Waals surface area contributed by atoms with Crippen LogP contribution in [0.15, 0.2) is 48.5 Å². The van der Waals surface area contributed by atoms with Gasteiger partial charge in [-0.1, -0.05) is 48.5 Å². The monoisotopic (exact) mass is 468 g/mol. The first kappa shape index (κ1) is 25.2. The number of aliphatic carboxylic acids is 1. The predicted octanol–water partition coefficient (Wildman–Crippen LogP) is 3.55. The summed E-state index contributed by atoms with van der Waals surface area (Å²) in [5, 5.41) is 14.5. The van der Waals surface area contributed by atoms with E-state index in [0.717, 1.165) is 22.3 Å². The van der Waals surface area contributed by atoms with Crippen LogP contribution in [0.5, 0.6) is 0 Å². The number of fused-ring (bicyclic) bond motifs is 3. The van der Waals surface area contributed by atoms with Gasteiger partial charge in [-0.05, 0) is 48.9 Å². The van der Waals surface area contributed by atoms with Gasteiger partial charge in [0.05, 0.1) is 5.92 Å². The van der Waals surface area contributed by atoms with Gasteiger partial charge < -0.3 is 25.2 Å². The summed E-state index contributed by atoms with van der Waals surface area (Å²) >= 11 is 0. The third-order valence-corrected chi connectivity index (χ3v) is 6.30. The molecule has 3 unspecified atom stereocenters. The molecule has 2 aromatic rings. The molecule has 0 bridgehead atoms. The number of benzene rings is 2. The number of carbonyl (C=O) groups excluding carboxylic acids is 2. The van der Waals surface area contributed by atoms with E-state index in [1.165, 1.54) is 6.92 Å². The molecule has 8 nitrogen and oxygen atoms in total. The molecule has 2 amide bonds. The molecule has 3 N–H and O–H groups in total. The number of rotatable bonds is 11. The van der Waals surface area contributed by atoms with Gasteiger partial charge in [0.25, 0.3) is 0 Å². The quantitative estimate of drug-likeness (QED) is 0.435. The van der Waals surface area contributed by atoms with Crippen LogP contribution in [0, 0.1) is 5.92 Å². The third kappa shape index (κ3) is 5.94. The van der Waals surface area contributed by atoms with E-state index in [1.54, 1.807) is 14.0 Å². The molecule has 0 saturated carbocycles. The molecule has 1 aliphatic rings. The summed E-state index contributed by atoms with van der Waals surface area (Å²) in [6.45, 7) is 3.71. The molecule has 34 heavy (non-hydrogen) atoms. The molecule has 3 rings (SSSR count). The highest BCUT2D eigenvalue weighted by Crippen LogP contribution is 2.44. The Kier molecular flexibility index (Phi) is 8.65. The first-order valence-electron chi connectivity index (χ1n) is 11.5. The van der Waals surface area contributed by atoms with Crippen molar-refractivity contribution in [3.63, 3.8) is 0 Å². The molecule has 182 valence electrons. The zero-order chi connectivity index (χ0) is 24.7. The van der Waals surface area contributed by atoms with Crippen LogP contribution < -0.4 is 10.6 Å². The first-order chi connectivity index (χ1) is 16.3. The van der Waals surface area contributed by atoms with Crippen molar-refractivity contribution < 1.29 is 29.0 Å². The number of hydrogen-bond donors (Lipinski definition) is 3. The minimum atomic E-state index is -1.01. The number of alkyl carbamates (subject to hydrolysis) is 1. The van der Waals surface area contributed by atoms with Gasteiger partial charge in [-0.3, -0.25) is 9.59 Å². The molecule has 3 atom stereocenters. The van der Waals surface area contributed by atoms with E-state index in [-0.39, 0.29) is 12.5 Å². The van der Waals surface area contributed by atoms with Gasteiger partial charge in [0.15, 0.2) is 0 Å². The fourth-order valence-corrected chi connectivity index (χ4v) is 4.15. The minimum absolute atomic E-state index is 0.0876. The predicted molar refractivity (Wildman–Crippen MR) is 128 cm³/mol. The van der Waals surface area contributed by atoms with Crippen LogP contribution in [-0.4, -0.2) is 55.5 Å². The molecule has 2 aromatic carbocycles. The number of amides is 2.